The predicted molar refractivity (Wildman–Crippen MR) is 71.1 cm³/mol. The molecule has 0 saturated carbocycles. The van der Waals surface area contributed by atoms with Gasteiger partial charge in [0, 0.05) is 18.0 Å². The fraction of sp³-hybridized carbons (Fsp3) is 1.00. The van der Waals surface area contributed by atoms with Gasteiger partial charge >= 0.3 is 0 Å². The van der Waals surface area contributed by atoms with Gasteiger partial charge in [0.1, 0.15) is 5.72 Å². The van der Waals surface area contributed by atoms with E-state index in [4.69, 9.17) is 4.74 Å². The first kappa shape index (κ1) is 13.3. The zero-order chi connectivity index (χ0) is 12.5. The first-order chi connectivity index (χ1) is 7.94. The van der Waals surface area contributed by atoms with Gasteiger partial charge < -0.3 is 9.64 Å². The first-order valence-electron chi connectivity index (χ1n) is 7.11. The summed E-state index contributed by atoms with van der Waals surface area (Å²) in [7, 11) is 0. The third-order valence-electron chi connectivity index (χ3n) is 4.13. The van der Waals surface area contributed by atoms with Gasteiger partial charge in [-0.15, -0.1) is 0 Å². The standard InChI is InChI=1S/C14H28N2O/c1-5-16-9-7-6-8-12(16)10-14(4)15-13(2,3)11-17-14/h12,15H,5-11H2,1-4H3. The third kappa shape index (κ3) is 3.21. The van der Waals surface area contributed by atoms with Gasteiger partial charge in [-0.1, -0.05) is 13.3 Å². The van der Waals surface area contributed by atoms with Gasteiger partial charge in [-0.3, -0.25) is 5.32 Å². The van der Waals surface area contributed by atoms with Crippen LogP contribution in [0.25, 0.3) is 0 Å². The summed E-state index contributed by atoms with van der Waals surface area (Å²) in [6.07, 6.45) is 5.18. The Balaban J connectivity index is 1.95. The van der Waals surface area contributed by atoms with Gasteiger partial charge in [-0.05, 0) is 46.7 Å². The topological polar surface area (TPSA) is 24.5 Å². The number of likely N-dealkylation sites (tertiary alicyclic amines) is 1. The van der Waals surface area contributed by atoms with Crippen molar-refractivity contribution in [2.45, 2.75) is 70.7 Å². The highest BCUT2D eigenvalue weighted by atomic mass is 16.5. The van der Waals surface area contributed by atoms with Gasteiger partial charge in [0.05, 0.1) is 6.61 Å². The predicted octanol–water partition coefficient (Wildman–Crippen LogP) is 2.37. The van der Waals surface area contributed by atoms with Crippen LogP contribution < -0.4 is 5.32 Å². The molecule has 2 aliphatic heterocycles. The molecule has 3 heteroatoms. The Bertz CT molecular complexity index is 267. The van der Waals surface area contributed by atoms with Crippen molar-refractivity contribution in [1.29, 1.82) is 0 Å². The Labute approximate surface area is 106 Å². The highest BCUT2D eigenvalue weighted by Gasteiger charge is 2.42. The average molecular weight is 240 g/mol. The van der Waals surface area contributed by atoms with Gasteiger partial charge in [0.15, 0.2) is 0 Å². The van der Waals surface area contributed by atoms with E-state index < -0.39 is 0 Å². The van der Waals surface area contributed by atoms with Crippen LogP contribution in [-0.4, -0.2) is 41.9 Å². The smallest absolute Gasteiger partial charge is 0.118 e. The number of ether oxygens (including phenoxy) is 1. The molecular weight excluding hydrogens is 212 g/mol. The molecule has 2 saturated heterocycles. The number of rotatable bonds is 3. The van der Waals surface area contributed by atoms with E-state index in [2.05, 4.69) is 37.9 Å². The summed E-state index contributed by atoms with van der Waals surface area (Å²) in [6.45, 7) is 12.2. The van der Waals surface area contributed by atoms with Gasteiger partial charge in [0.25, 0.3) is 0 Å². The van der Waals surface area contributed by atoms with Gasteiger partial charge in [-0.2, -0.15) is 0 Å². The number of nitrogens with zero attached hydrogens (tertiary/aromatic N) is 1. The largest absolute Gasteiger partial charge is 0.359 e. The Morgan fingerprint density at radius 1 is 1.29 bits per heavy atom. The Hall–Kier alpha value is -0.120. The third-order valence-corrected chi connectivity index (χ3v) is 4.13. The van der Waals surface area contributed by atoms with Crippen molar-refractivity contribution in [2.75, 3.05) is 19.7 Å². The molecule has 100 valence electrons. The van der Waals surface area contributed by atoms with Crippen LogP contribution in [0.4, 0.5) is 0 Å². The lowest BCUT2D eigenvalue weighted by Crippen LogP contribution is -2.51. The minimum Gasteiger partial charge on any atom is -0.359 e. The quantitative estimate of drug-likeness (QED) is 0.819. The van der Waals surface area contributed by atoms with Crippen LogP contribution >= 0.6 is 0 Å². The lowest BCUT2D eigenvalue weighted by Gasteiger charge is -2.39. The Morgan fingerprint density at radius 3 is 2.65 bits per heavy atom. The molecule has 0 amide bonds. The molecule has 0 bridgehead atoms. The maximum atomic E-state index is 6.01. The molecule has 2 aliphatic rings. The zero-order valence-corrected chi connectivity index (χ0v) is 11.9. The fourth-order valence-electron chi connectivity index (χ4n) is 3.39. The van der Waals surface area contributed by atoms with Crippen LogP contribution in [-0.2, 0) is 4.74 Å². The van der Waals surface area contributed by atoms with E-state index in [1.54, 1.807) is 0 Å². The maximum absolute atomic E-state index is 6.01. The molecule has 17 heavy (non-hydrogen) atoms. The number of hydrogen-bond donors (Lipinski definition) is 1. The highest BCUT2D eigenvalue weighted by Crippen LogP contribution is 2.31. The van der Waals surface area contributed by atoms with Crippen molar-refractivity contribution in [2.24, 2.45) is 0 Å². The fourth-order valence-corrected chi connectivity index (χ4v) is 3.39. The SMILES string of the molecule is CCN1CCCCC1CC1(C)NC(C)(C)CO1. The lowest BCUT2D eigenvalue weighted by atomic mass is 9.94. The van der Waals surface area contributed by atoms with E-state index in [9.17, 15) is 0 Å². The van der Waals surface area contributed by atoms with Crippen molar-refractivity contribution < 1.29 is 4.74 Å². The van der Waals surface area contributed by atoms with Crippen LogP contribution in [0.3, 0.4) is 0 Å². The molecule has 0 spiro atoms. The molecule has 2 unspecified atom stereocenters. The van der Waals surface area contributed by atoms with Crippen molar-refractivity contribution in [1.82, 2.24) is 10.2 Å². The van der Waals surface area contributed by atoms with Crippen LogP contribution in [0.15, 0.2) is 0 Å². The van der Waals surface area contributed by atoms with Crippen molar-refractivity contribution in [3.63, 3.8) is 0 Å². The second-order valence-electron chi connectivity index (χ2n) is 6.51. The second kappa shape index (κ2) is 4.87. The van der Waals surface area contributed by atoms with E-state index in [0.29, 0.717) is 6.04 Å². The highest BCUT2D eigenvalue weighted by molar-refractivity contribution is 4.95. The minimum absolute atomic E-state index is 0.125. The van der Waals surface area contributed by atoms with Gasteiger partial charge in [0.2, 0.25) is 0 Å². The monoisotopic (exact) mass is 240 g/mol. The van der Waals surface area contributed by atoms with E-state index >= 15 is 0 Å². The van der Waals surface area contributed by atoms with E-state index in [0.717, 1.165) is 13.0 Å². The molecule has 0 radical (unpaired) electrons. The molecule has 0 aromatic rings. The first-order valence-corrected chi connectivity index (χ1v) is 7.11. The van der Waals surface area contributed by atoms with Crippen molar-refractivity contribution >= 4 is 0 Å². The van der Waals surface area contributed by atoms with Crippen LogP contribution in [0.5, 0.6) is 0 Å². The summed E-state index contributed by atoms with van der Waals surface area (Å²) in [5.41, 5.74) is -0.000607. The Morgan fingerprint density at radius 2 is 2.06 bits per heavy atom. The van der Waals surface area contributed by atoms with Crippen LogP contribution in [0.2, 0.25) is 0 Å². The summed E-state index contributed by atoms with van der Waals surface area (Å²) in [6, 6.07) is 0.695. The molecule has 1 N–H and O–H groups in total. The summed E-state index contributed by atoms with van der Waals surface area (Å²) in [4.78, 5) is 2.62. The van der Waals surface area contributed by atoms with Crippen LogP contribution in [0.1, 0.15) is 53.4 Å². The Kier molecular flexibility index (Phi) is 3.81. The molecule has 2 rings (SSSR count). The summed E-state index contributed by atoms with van der Waals surface area (Å²) in [5.74, 6) is 0. The molecule has 2 heterocycles. The molecule has 0 aromatic heterocycles. The maximum Gasteiger partial charge on any atom is 0.118 e. The van der Waals surface area contributed by atoms with E-state index in [-0.39, 0.29) is 11.3 Å². The van der Waals surface area contributed by atoms with E-state index in [1.807, 2.05) is 0 Å². The number of piperidine rings is 1. The summed E-state index contributed by atoms with van der Waals surface area (Å²) >= 11 is 0. The van der Waals surface area contributed by atoms with E-state index in [1.165, 1.54) is 32.4 Å². The molecular formula is C14H28N2O. The zero-order valence-electron chi connectivity index (χ0n) is 11.9. The van der Waals surface area contributed by atoms with Crippen molar-refractivity contribution in [3.8, 4) is 0 Å². The average Bonchev–Trinajstić information content (AvgIpc) is 2.53. The molecule has 2 fully saturated rings. The van der Waals surface area contributed by atoms with Gasteiger partial charge in [-0.25, -0.2) is 0 Å². The van der Waals surface area contributed by atoms with Crippen molar-refractivity contribution in [3.05, 3.63) is 0 Å². The molecule has 2 atom stereocenters. The normalized spacial score (nSPS) is 38.5. The van der Waals surface area contributed by atoms with Crippen LogP contribution in [0, 0.1) is 0 Å². The summed E-state index contributed by atoms with van der Waals surface area (Å²) < 4.78 is 6.01. The summed E-state index contributed by atoms with van der Waals surface area (Å²) in [5, 5.41) is 3.65. The molecule has 0 aromatic carbocycles. The lowest BCUT2D eigenvalue weighted by molar-refractivity contribution is -0.0281. The number of nitrogens with one attached hydrogen (secondary N) is 1. The minimum atomic E-state index is -0.126. The molecule has 3 nitrogen and oxygen atoms in total. The second-order valence-corrected chi connectivity index (χ2v) is 6.51. The molecule has 0 aliphatic carbocycles. The number of hydrogen-bond acceptors (Lipinski definition) is 3.